The van der Waals surface area contributed by atoms with Crippen LogP contribution < -0.4 is 0 Å². The number of aliphatic hydroxyl groups is 1. The van der Waals surface area contributed by atoms with Crippen molar-refractivity contribution in [2.45, 2.75) is 32.6 Å². The van der Waals surface area contributed by atoms with E-state index in [1.807, 2.05) is 20.8 Å². The molecule has 0 aromatic rings. The second-order valence-electron chi connectivity index (χ2n) is 3.92. The SMILES string of the molecule is CC(C)(C)CC(=S)SC(O)C(=O)O. The number of carboxylic acid groups (broad SMARTS) is 1. The van der Waals surface area contributed by atoms with E-state index < -0.39 is 11.4 Å². The van der Waals surface area contributed by atoms with Gasteiger partial charge in [0.1, 0.15) is 0 Å². The lowest BCUT2D eigenvalue weighted by Crippen LogP contribution is -2.19. The lowest BCUT2D eigenvalue weighted by Gasteiger charge is -2.18. The number of carbonyl (C=O) groups is 1. The Morgan fingerprint density at radius 1 is 1.54 bits per heavy atom. The highest BCUT2D eigenvalue weighted by Crippen LogP contribution is 2.25. The summed E-state index contributed by atoms with van der Waals surface area (Å²) in [6.07, 6.45) is 0.622. The molecule has 0 amide bonds. The van der Waals surface area contributed by atoms with Crippen molar-refractivity contribution in [3.8, 4) is 0 Å². The molecule has 0 spiro atoms. The molecule has 1 unspecified atom stereocenters. The van der Waals surface area contributed by atoms with Gasteiger partial charge < -0.3 is 10.2 Å². The Hall–Kier alpha value is -0.130. The summed E-state index contributed by atoms with van der Waals surface area (Å²) in [4.78, 5) is 10.3. The van der Waals surface area contributed by atoms with Gasteiger partial charge >= 0.3 is 5.97 Å². The van der Waals surface area contributed by atoms with Crippen LogP contribution in [0.1, 0.15) is 27.2 Å². The van der Waals surface area contributed by atoms with Crippen LogP contribution in [0, 0.1) is 5.41 Å². The zero-order valence-electron chi connectivity index (χ0n) is 7.90. The summed E-state index contributed by atoms with van der Waals surface area (Å²) in [5, 5.41) is 17.4. The van der Waals surface area contributed by atoms with Crippen LogP contribution in [-0.2, 0) is 4.79 Å². The van der Waals surface area contributed by atoms with Crippen LogP contribution in [0.2, 0.25) is 0 Å². The van der Waals surface area contributed by atoms with Gasteiger partial charge in [-0.25, -0.2) is 4.79 Å². The number of hydrogen-bond donors (Lipinski definition) is 2. The molecule has 2 N–H and O–H groups in total. The Morgan fingerprint density at radius 2 is 2.00 bits per heavy atom. The van der Waals surface area contributed by atoms with Crippen molar-refractivity contribution in [1.82, 2.24) is 0 Å². The highest BCUT2D eigenvalue weighted by molar-refractivity contribution is 8.23. The molecule has 0 aliphatic carbocycles. The van der Waals surface area contributed by atoms with Crippen molar-refractivity contribution in [1.29, 1.82) is 0 Å². The molecule has 0 heterocycles. The van der Waals surface area contributed by atoms with E-state index in [1.54, 1.807) is 0 Å². The molecule has 0 aliphatic rings. The van der Waals surface area contributed by atoms with Crippen LogP contribution in [-0.4, -0.2) is 25.8 Å². The summed E-state index contributed by atoms with van der Waals surface area (Å²) >= 11 is 5.76. The van der Waals surface area contributed by atoms with Crippen molar-refractivity contribution in [2.75, 3.05) is 0 Å². The fourth-order valence-electron chi connectivity index (χ4n) is 0.650. The predicted octanol–water partition coefficient (Wildman–Crippen LogP) is 1.89. The molecule has 0 saturated carbocycles. The normalized spacial score (nSPS) is 13.8. The lowest BCUT2D eigenvalue weighted by molar-refractivity contribution is -0.141. The maximum Gasteiger partial charge on any atom is 0.343 e. The molecule has 0 rings (SSSR count). The van der Waals surface area contributed by atoms with Gasteiger partial charge in [0.15, 0.2) is 0 Å². The molecule has 0 fully saturated rings. The maximum atomic E-state index is 10.3. The number of thiocarbonyl (C=S) groups is 1. The van der Waals surface area contributed by atoms with E-state index in [9.17, 15) is 4.79 Å². The molecule has 0 aromatic heterocycles. The van der Waals surface area contributed by atoms with Gasteiger partial charge in [0.2, 0.25) is 5.44 Å². The monoisotopic (exact) mass is 222 g/mol. The second-order valence-corrected chi connectivity index (χ2v) is 5.84. The van der Waals surface area contributed by atoms with Crippen LogP contribution in [0.3, 0.4) is 0 Å². The summed E-state index contributed by atoms with van der Waals surface area (Å²) in [6, 6.07) is 0. The third-order valence-corrected chi connectivity index (χ3v) is 2.39. The van der Waals surface area contributed by atoms with Gasteiger partial charge in [-0.15, -0.1) is 0 Å². The van der Waals surface area contributed by atoms with Crippen LogP contribution in [0.4, 0.5) is 0 Å². The smallest absolute Gasteiger partial charge is 0.343 e. The topological polar surface area (TPSA) is 57.5 Å². The molecule has 0 saturated heterocycles. The predicted molar refractivity (Wildman–Crippen MR) is 57.9 cm³/mol. The van der Waals surface area contributed by atoms with Crippen molar-refractivity contribution < 1.29 is 15.0 Å². The molecule has 0 bridgehead atoms. The van der Waals surface area contributed by atoms with Gasteiger partial charge in [-0.1, -0.05) is 44.8 Å². The minimum atomic E-state index is -1.44. The number of carboxylic acids is 1. The third-order valence-electron chi connectivity index (χ3n) is 1.13. The number of thioether (sulfide) groups is 1. The van der Waals surface area contributed by atoms with Gasteiger partial charge in [-0.2, -0.15) is 0 Å². The Morgan fingerprint density at radius 3 is 2.31 bits per heavy atom. The van der Waals surface area contributed by atoms with Crippen LogP contribution in [0.5, 0.6) is 0 Å². The summed E-state index contributed by atoms with van der Waals surface area (Å²) in [5.74, 6) is -1.25. The van der Waals surface area contributed by atoms with Gasteiger partial charge in [0, 0.05) is 0 Å². The van der Waals surface area contributed by atoms with E-state index in [2.05, 4.69) is 0 Å². The first-order valence-electron chi connectivity index (χ1n) is 3.83. The minimum Gasteiger partial charge on any atom is -0.479 e. The summed E-state index contributed by atoms with van der Waals surface area (Å²) in [6.45, 7) is 6.02. The molecular weight excluding hydrogens is 208 g/mol. The number of aliphatic hydroxyl groups excluding tert-OH is 1. The minimum absolute atomic E-state index is 0.0301. The van der Waals surface area contributed by atoms with Gasteiger partial charge in [-0.3, -0.25) is 0 Å². The van der Waals surface area contributed by atoms with E-state index in [4.69, 9.17) is 22.4 Å². The average Bonchev–Trinajstić information content (AvgIpc) is 1.81. The quantitative estimate of drug-likeness (QED) is 0.564. The van der Waals surface area contributed by atoms with Crippen molar-refractivity contribution in [3.05, 3.63) is 0 Å². The van der Waals surface area contributed by atoms with Crippen LogP contribution >= 0.6 is 24.0 Å². The van der Waals surface area contributed by atoms with E-state index in [1.165, 1.54) is 0 Å². The zero-order valence-corrected chi connectivity index (χ0v) is 9.54. The largest absolute Gasteiger partial charge is 0.479 e. The van der Waals surface area contributed by atoms with E-state index in [0.717, 1.165) is 11.8 Å². The van der Waals surface area contributed by atoms with E-state index >= 15 is 0 Å². The van der Waals surface area contributed by atoms with Gasteiger partial charge in [-0.05, 0) is 11.8 Å². The summed E-state index contributed by atoms with van der Waals surface area (Å²) in [7, 11) is 0. The molecular formula is C8H14O3S2. The summed E-state index contributed by atoms with van der Waals surface area (Å²) in [5.41, 5.74) is -1.41. The molecule has 1 atom stereocenters. The fourth-order valence-corrected chi connectivity index (χ4v) is 2.22. The maximum absolute atomic E-state index is 10.3. The number of rotatable bonds is 3. The van der Waals surface area contributed by atoms with E-state index in [-0.39, 0.29) is 5.41 Å². The number of aliphatic carboxylic acids is 1. The average molecular weight is 222 g/mol. The number of hydrogen-bond acceptors (Lipinski definition) is 4. The molecule has 76 valence electrons. The first kappa shape index (κ1) is 12.9. The molecule has 13 heavy (non-hydrogen) atoms. The van der Waals surface area contributed by atoms with Crippen LogP contribution in [0.15, 0.2) is 0 Å². The molecule has 0 aromatic carbocycles. The lowest BCUT2D eigenvalue weighted by atomic mass is 9.94. The Kier molecular flexibility index (Phi) is 4.88. The van der Waals surface area contributed by atoms with Crippen molar-refractivity contribution >= 4 is 34.1 Å². The first-order chi connectivity index (χ1) is 5.72. The molecule has 0 aliphatic heterocycles. The van der Waals surface area contributed by atoms with Crippen molar-refractivity contribution in [3.63, 3.8) is 0 Å². The first-order valence-corrected chi connectivity index (χ1v) is 5.11. The Labute approximate surface area is 87.5 Å². The summed E-state index contributed by atoms with van der Waals surface area (Å²) < 4.78 is 0.530. The Bertz CT molecular complexity index is 208. The van der Waals surface area contributed by atoms with Crippen molar-refractivity contribution in [2.24, 2.45) is 5.41 Å². The Balaban J connectivity index is 3.96. The van der Waals surface area contributed by atoms with Gasteiger partial charge in [0.05, 0.1) is 4.20 Å². The van der Waals surface area contributed by atoms with Crippen LogP contribution in [0.25, 0.3) is 0 Å². The zero-order chi connectivity index (χ0) is 10.6. The van der Waals surface area contributed by atoms with Gasteiger partial charge in [0.25, 0.3) is 0 Å². The molecule has 5 heteroatoms. The fraction of sp³-hybridized carbons (Fsp3) is 0.750. The third kappa shape index (κ3) is 6.98. The van der Waals surface area contributed by atoms with E-state index in [0.29, 0.717) is 10.6 Å². The highest BCUT2D eigenvalue weighted by Gasteiger charge is 2.20. The second kappa shape index (κ2) is 4.93. The molecule has 0 radical (unpaired) electrons. The molecule has 3 nitrogen and oxygen atoms in total. The highest BCUT2D eigenvalue weighted by atomic mass is 32.2. The standard InChI is InChI=1S/C8H14O3S2/c1-8(2,3)4-5(12)13-7(11)6(9)10/h7,11H,4H2,1-3H3,(H,9,10).